The fourth-order valence-corrected chi connectivity index (χ4v) is 2.91. The molecule has 0 spiro atoms. The highest BCUT2D eigenvalue weighted by Crippen LogP contribution is 2.19. The molecule has 138 valence electrons. The van der Waals surface area contributed by atoms with Crippen molar-refractivity contribution in [1.29, 1.82) is 0 Å². The molecule has 0 radical (unpaired) electrons. The van der Waals surface area contributed by atoms with E-state index in [4.69, 9.17) is 9.84 Å². The van der Waals surface area contributed by atoms with E-state index in [1.807, 2.05) is 0 Å². The van der Waals surface area contributed by atoms with Crippen LogP contribution in [0, 0.1) is 0 Å². The summed E-state index contributed by atoms with van der Waals surface area (Å²) < 4.78 is 4.86. The van der Waals surface area contributed by atoms with Gasteiger partial charge in [0.25, 0.3) is 0 Å². The number of urea groups is 1. The van der Waals surface area contributed by atoms with E-state index in [9.17, 15) is 14.4 Å². The van der Waals surface area contributed by atoms with Crippen LogP contribution in [0.4, 0.5) is 15.6 Å². The zero-order valence-electron chi connectivity index (χ0n) is 14.2. The van der Waals surface area contributed by atoms with E-state index in [0.717, 1.165) is 5.56 Å². The first-order valence-corrected chi connectivity index (χ1v) is 8.77. The van der Waals surface area contributed by atoms with Gasteiger partial charge in [0.2, 0.25) is 0 Å². The summed E-state index contributed by atoms with van der Waals surface area (Å²) in [6.45, 7) is 2.05. The number of benzene rings is 1. The Balaban J connectivity index is 1.88. The molecule has 1 aromatic heterocycles. The van der Waals surface area contributed by atoms with Crippen LogP contribution in [0.1, 0.15) is 23.8 Å². The number of nitrogens with one attached hydrogen (secondary N) is 2. The number of carboxylic acid groups (broad SMARTS) is 1. The largest absolute Gasteiger partial charge is 0.481 e. The monoisotopic (exact) mass is 377 g/mol. The number of carbonyl (C=O) groups excluding carboxylic acids is 2. The number of hydrogen-bond donors (Lipinski definition) is 3. The zero-order chi connectivity index (χ0) is 18.9. The predicted octanol–water partition coefficient (Wildman–Crippen LogP) is 2.91. The molecule has 26 heavy (non-hydrogen) atoms. The van der Waals surface area contributed by atoms with Crippen LogP contribution in [0.3, 0.4) is 0 Å². The molecule has 1 aromatic carbocycles. The quantitative estimate of drug-likeness (QED) is 0.609. The van der Waals surface area contributed by atoms with Gasteiger partial charge in [-0.15, -0.1) is 11.3 Å². The maximum Gasteiger partial charge on any atom is 0.325 e. The summed E-state index contributed by atoms with van der Waals surface area (Å²) in [6.07, 6.45) is 2.04. The molecule has 0 unspecified atom stereocenters. The van der Waals surface area contributed by atoms with Crippen LogP contribution < -0.4 is 10.6 Å². The van der Waals surface area contributed by atoms with Gasteiger partial charge >= 0.3 is 18.0 Å². The van der Waals surface area contributed by atoms with Crippen LogP contribution in [0.15, 0.2) is 30.5 Å². The van der Waals surface area contributed by atoms with E-state index in [-0.39, 0.29) is 18.8 Å². The third kappa shape index (κ3) is 6.52. The number of carboxylic acids is 1. The number of nitrogens with zero attached hydrogens (tertiary/aromatic N) is 1. The zero-order valence-corrected chi connectivity index (χ0v) is 15.0. The number of hydrogen-bond acceptors (Lipinski definition) is 6. The van der Waals surface area contributed by atoms with Gasteiger partial charge in [-0.25, -0.2) is 9.78 Å². The normalized spacial score (nSPS) is 10.2. The van der Waals surface area contributed by atoms with Crippen LogP contribution >= 0.6 is 11.3 Å². The summed E-state index contributed by atoms with van der Waals surface area (Å²) in [4.78, 5) is 38.9. The summed E-state index contributed by atoms with van der Waals surface area (Å²) in [7, 11) is 0. The van der Waals surface area contributed by atoms with Crippen LogP contribution in [0.25, 0.3) is 0 Å². The lowest BCUT2D eigenvalue weighted by Gasteiger charge is -2.07. The van der Waals surface area contributed by atoms with Gasteiger partial charge in [-0.3, -0.25) is 14.9 Å². The van der Waals surface area contributed by atoms with Gasteiger partial charge < -0.3 is 15.2 Å². The fraction of sp³-hybridized carbons (Fsp3) is 0.294. The second kappa shape index (κ2) is 9.52. The Kier molecular flexibility index (Phi) is 7.10. The Hall–Kier alpha value is -2.94. The number of thiazole rings is 1. The molecule has 1 heterocycles. The molecule has 0 saturated heterocycles. The molecule has 3 N–H and O–H groups in total. The molecular formula is C17H19N3O5S. The summed E-state index contributed by atoms with van der Waals surface area (Å²) in [5.74, 6) is -1.21. The van der Waals surface area contributed by atoms with Crippen LogP contribution in [-0.4, -0.2) is 34.7 Å². The van der Waals surface area contributed by atoms with Gasteiger partial charge in [0.1, 0.15) is 0 Å². The van der Waals surface area contributed by atoms with E-state index in [2.05, 4.69) is 15.6 Å². The number of amides is 2. The smallest absolute Gasteiger partial charge is 0.325 e. The van der Waals surface area contributed by atoms with E-state index >= 15 is 0 Å². The number of ether oxygens (including phenoxy) is 1. The number of anilines is 2. The lowest BCUT2D eigenvalue weighted by Crippen LogP contribution is -2.19. The van der Waals surface area contributed by atoms with Gasteiger partial charge in [0, 0.05) is 23.2 Å². The summed E-state index contributed by atoms with van der Waals surface area (Å²) in [5.41, 5.74) is 1.37. The Morgan fingerprint density at radius 1 is 1.27 bits per heavy atom. The van der Waals surface area contributed by atoms with E-state index < -0.39 is 12.0 Å². The van der Waals surface area contributed by atoms with Gasteiger partial charge in [0.15, 0.2) is 5.13 Å². The Morgan fingerprint density at radius 2 is 2.08 bits per heavy atom. The molecule has 0 fully saturated rings. The fourth-order valence-electron chi connectivity index (χ4n) is 2.12. The van der Waals surface area contributed by atoms with E-state index in [1.54, 1.807) is 31.2 Å². The molecule has 0 bridgehead atoms. The molecule has 0 atom stereocenters. The average molecular weight is 377 g/mol. The molecule has 2 amide bonds. The minimum atomic E-state index is -0.872. The van der Waals surface area contributed by atoms with Crippen LogP contribution in [-0.2, 0) is 27.2 Å². The third-order valence-electron chi connectivity index (χ3n) is 3.21. The molecule has 2 aromatic rings. The maximum absolute atomic E-state index is 12.1. The van der Waals surface area contributed by atoms with Crippen molar-refractivity contribution in [3.05, 3.63) is 40.9 Å². The maximum atomic E-state index is 12.1. The highest BCUT2D eigenvalue weighted by Gasteiger charge is 2.11. The van der Waals surface area contributed by atoms with Crippen molar-refractivity contribution in [2.45, 2.75) is 26.2 Å². The van der Waals surface area contributed by atoms with Gasteiger partial charge in [0.05, 0.1) is 13.0 Å². The molecule has 0 aliphatic heterocycles. The minimum absolute atomic E-state index is 0.0258. The lowest BCUT2D eigenvalue weighted by atomic mass is 10.1. The second-order valence-corrected chi connectivity index (χ2v) is 6.40. The Morgan fingerprint density at radius 3 is 2.81 bits per heavy atom. The number of esters is 1. The van der Waals surface area contributed by atoms with E-state index in [0.29, 0.717) is 28.7 Å². The summed E-state index contributed by atoms with van der Waals surface area (Å²) in [6, 6.07) is 6.49. The van der Waals surface area contributed by atoms with Crippen molar-refractivity contribution >= 4 is 40.1 Å². The molecule has 0 saturated carbocycles. The topological polar surface area (TPSA) is 118 Å². The number of aliphatic carboxylic acids is 1. The number of aromatic nitrogens is 1. The number of aryl methyl sites for hydroxylation is 1. The molecule has 8 nitrogen and oxygen atoms in total. The highest BCUT2D eigenvalue weighted by molar-refractivity contribution is 7.15. The highest BCUT2D eigenvalue weighted by atomic mass is 32.1. The molecule has 0 aliphatic rings. The SMILES string of the molecule is CCOC(=O)Cc1cnc(NC(=O)Nc2cccc(CCC(=O)O)c2)s1. The van der Waals surface area contributed by atoms with Crippen LogP contribution in [0.2, 0.25) is 0 Å². The van der Waals surface area contributed by atoms with Crippen molar-refractivity contribution in [2.24, 2.45) is 0 Å². The van der Waals surface area contributed by atoms with Gasteiger partial charge in [-0.2, -0.15) is 0 Å². The minimum Gasteiger partial charge on any atom is -0.481 e. The summed E-state index contributed by atoms with van der Waals surface area (Å²) in [5, 5.41) is 14.4. The number of rotatable bonds is 8. The lowest BCUT2D eigenvalue weighted by molar-refractivity contribution is -0.142. The first kappa shape index (κ1) is 19.4. The molecular weight excluding hydrogens is 358 g/mol. The third-order valence-corrected chi connectivity index (χ3v) is 4.12. The van der Waals surface area contributed by atoms with E-state index in [1.165, 1.54) is 17.5 Å². The summed E-state index contributed by atoms with van der Waals surface area (Å²) >= 11 is 1.19. The van der Waals surface area contributed by atoms with Crippen molar-refractivity contribution in [3.8, 4) is 0 Å². The Labute approximate surface area is 154 Å². The van der Waals surface area contributed by atoms with Crippen molar-refractivity contribution in [3.63, 3.8) is 0 Å². The standard InChI is InChI=1S/C17H19N3O5S/c1-2-25-15(23)9-13-10-18-17(26-13)20-16(24)19-12-5-3-4-11(8-12)6-7-14(21)22/h3-5,8,10H,2,6-7,9H2,1H3,(H,21,22)(H2,18,19,20,24). The second-order valence-electron chi connectivity index (χ2n) is 5.29. The average Bonchev–Trinajstić information content (AvgIpc) is 3.00. The molecule has 2 rings (SSSR count). The van der Waals surface area contributed by atoms with Gasteiger partial charge in [-0.05, 0) is 31.0 Å². The number of carbonyl (C=O) groups is 3. The van der Waals surface area contributed by atoms with Crippen molar-refractivity contribution in [2.75, 3.05) is 17.2 Å². The molecule has 0 aliphatic carbocycles. The first-order chi connectivity index (χ1) is 12.5. The van der Waals surface area contributed by atoms with Crippen LogP contribution in [0.5, 0.6) is 0 Å². The van der Waals surface area contributed by atoms with Gasteiger partial charge in [-0.1, -0.05) is 12.1 Å². The van der Waals surface area contributed by atoms with Crippen molar-refractivity contribution in [1.82, 2.24) is 4.98 Å². The predicted molar refractivity (Wildman–Crippen MR) is 97.5 cm³/mol. The first-order valence-electron chi connectivity index (χ1n) is 7.95. The van der Waals surface area contributed by atoms with Crippen molar-refractivity contribution < 1.29 is 24.2 Å². The Bertz CT molecular complexity index is 790. The molecule has 9 heteroatoms.